The fraction of sp³-hybridized carbons (Fsp3) is 0.0833. The van der Waals surface area contributed by atoms with Gasteiger partial charge in [-0.25, -0.2) is 0 Å². The van der Waals surface area contributed by atoms with Crippen molar-refractivity contribution in [3.8, 4) is 6.07 Å². The van der Waals surface area contributed by atoms with Crippen molar-refractivity contribution in [2.75, 3.05) is 0 Å². The lowest BCUT2D eigenvalue weighted by atomic mass is 10.2. The van der Waals surface area contributed by atoms with Crippen LogP contribution >= 0.6 is 23.1 Å². The summed E-state index contributed by atoms with van der Waals surface area (Å²) in [5.41, 5.74) is 1.11. The van der Waals surface area contributed by atoms with Crippen molar-refractivity contribution in [2.24, 2.45) is 0 Å². The van der Waals surface area contributed by atoms with Gasteiger partial charge in [0.25, 0.3) is 0 Å². The molecule has 0 N–H and O–H groups in total. The Morgan fingerprint density at radius 3 is 2.80 bits per heavy atom. The lowest BCUT2D eigenvalue weighted by Crippen LogP contribution is -1.84. The van der Waals surface area contributed by atoms with Crippen LogP contribution in [0.25, 0.3) is 0 Å². The summed E-state index contributed by atoms with van der Waals surface area (Å²) in [4.78, 5) is 1.18. The Kier molecular flexibility index (Phi) is 3.44. The first kappa shape index (κ1) is 10.3. The second-order valence-corrected chi connectivity index (χ2v) is 5.27. The minimum Gasteiger partial charge on any atom is -0.198 e. The largest absolute Gasteiger partial charge is 0.198 e. The number of nitriles is 1. The predicted octanol–water partition coefficient (Wildman–Crippen LogP) is 3.97. The zero-order valence-corrected chi connectivity index (χ0v) is 9.65. The maximum Gasteiger partial charge on any atom is 0.0670 e. The van der Waals surface area contributed by atoms with E-state index in [1.807, 2.05) is 24.3 Å². The number of nitrogens with zero attached hydrogens (tertiary/aromatic N) is 1. The van der Waals surface area contributed by atoms with Crippen LogP contribution < -0.4 is 0 Å². The highest BCUT2D eigenvalue weighted by Crippen LogP contribution is 2.33. The summed E-state index contributed by atoms with van der Waals surface area (Å²) < 4.78 is 1.26. The van der Waals surface area contributed by atoms with E-state index in [4.69, 9.17) is 5.26 Å². The van der Waals surface area contributed by atoms with Gasteiger partial charge in [0.2, 0.25) is 0 Å². The van der Waals surface area contributed by atoms with E-state index in [0.717, 1.165) is 5.56 Å². The second kappa shape index (κ2) is 5.01. The van der Waals surface area contributed by atoms with Gasteiger partial charge in [-0.2, -0.15) is 5.26 Å². The molecule has 0 amide bonds. The van der Waals surface area contributed by atoms with Crippen LogP contribution in [0.15, 0.2) is 50.9 Å². The zero-order chi connectivity index (χ0) is 10.5. The molecule has 2 aromatic rings. The van der Waals surface area contributed by atoms with Crippen LogP contribution in [-0.4, -0.2) is 0 Å². The molecule has 0 radical (unpaired) electrons. The molecule has 2 rings (SSSR count). The van der Waals surface area contributed by atoms with Crippen LogP contribution in [0, 0.1) is 11.3 Å². The molecule has 0 aliphatic rings. The molecule has 0 saturated carbocycles. The van der Waals surface area contributed by atoms with Gasteiger partial charge in [0.15, 0.2) is 0 Å². The minimum absolute atomic E-state index is 0.481. The Labute approximate surface area is 97.4 Å². The van der Waals surface area contributed by atoms with Gasteiger partial charge in [-0.05, 0) is 23.1 Å². The van der Waals surface area contributed by atoms with Crippen LogP contribution in [0.4, 0.5) is 0 Å². The van der Waals surface area contributed by atoms with Gasteiger partial charge in [-0.15, -0.1) is 11.3 Å². The standard InChI is InChI=1S/C12H9NS2/c13-8-7-10-4-1-2-5-11(10)15-12-6-3-9-14-12/h1-6,9H,7H2. The monoisotopic (exact) mass is 231 g/mol. The van der Waals surface area contributed by atoms with E-state index in [0.29, 0.717) is 6.42 Å². The summed E-state index contributed by atoms with van der Waals surface area (Å²) in [7, 11) is 0. The smallest absolute Gasteiger partial charge is 0.0670 e. The Balaban J connectivity index is 2.24. The fourth-order valence-corrected chi connectivity index (χ4v) is 3.12. The van der Waals surface area contributed by atoms with E-state index < -0.39 is 0 Å². The Bertz CT molecular complexity index is 469. The molecular formula is C12H9NS2. The van der Waals surface area contributed by atoms with Crippen LogP contribution in [0.2, 0.25) is 0 Å². The summed E-state index contributed by atoms with van der Waals surface area (Å²) in [6.07, 6.45) is 0.481. The zero-order valence-electron chi connectivity index (χ0n) is 8.01. The van der Waals surface area contributed by atoms with E-state index in [9.17, 15) is 0 Å². The van der Waals surface area contributed by atoms with Crippen molar-refractivity contribution in [3.05, 3.63) is 47.3 Å². The molecule has 0 atom stereocenters. The highest BCUT2D eigenvalue weighted by Gasteiger charge is 2.03. The number of benzene rings is 1. The third-order valence-electron chi connectivity index (χ3n) is 1.95. The molecule has 0 fully saturated rings. The van der Waals surface area contributed by atoms with Gasteiger partial charge in [0.05, 0.1) is 16.7 Å². The summed E-state index contributed by atoms with van der Waals surface area (Å²) in [6.45, 7) is 0. The van der Waals surface area contributed by atoms with Crippen molar-refractivity contribution in [1.29, 1.82) is 5.26 Å². The summed E-state index contributed by atoms with van der Waals surface area (Å²) in [5.74, 6) is 0. The van der Waals surface area contributed by atoms with Gasteiger partial charge < -0.3 is 0 Å². The molecule has 0 aliphatic heterocycles. The topological polar surface area (TPSA) is 23.8 Å². The molecule has 74 valence electrons. The van der Waals surface area contributed by atoms with Gasteiger partial charge in [-0.1, -0.05) is 36.0 Å². The van der Waals surface area contributed by atoms with E-state index in [2.05, 4.69) is 23.6 Å². The summed E-state index contributed by atoms with van der Waals surface area (Å²) >= 11 is 3.45. The first-order chi connectivity index (χ1) is 7.40. The van der Waals surface area contributed by atoms with Gasteiger partial charge in [0.1, 0.15) is 0 Å². The SMILES string of the molecule is N#CCc1ccccc1Sc1cccs1. The molecule has 1 aromatic carbocycles. The Morgan fingerprint density at radius 1 is 1.20 bits per heavy atom. The molecule has 0 saturated heterocycles. The number of hydrogen-bond donors (Lipinski definition) is 0. The van der Waals surface area contributed by atoms with Crippen molar-refractivity contribution >= 4 is 23.1 Å². The molecule has 3 heteroatoms. The molecule has 1 heterocycles. The second-order valence-electron chi connectivity index (χ2n) is 2.98. The predicted molar refractivity (Wildman–Crippen MR) is 64.2 cm³/mol. The van der Waals surface area contributed by atoms with E-state index in [1.54, 1.807) is 23.1 Å². The number of rotatable bonds is 3. The normalized spacial score (nSPS) is 9.80. The maximum atomic E-state index is 8.71. The quantitative estimate of drug-likeness (QED) is 0.798. The van der Waals surface area contributed by atoms with Crippen LogP contribution in [0.5, 0.6) is 0 Å². The van der Waals surface area contributed by atoms with Crippen molar-refractivity contribution in [1.82, 2.24) is 0 Å². The first-order valence-electron chi connectivity index (χ1n) is 4.56. The molecule has 0 aliphatic carbocycles. The van der Waals surface area contributed by atoms with Crippen LogP contribution in [0.1, 0.15) is 5.56 Å². The van der Waals surface area contributed by atoms with E-state index in [-0.39, 0.29) is 0 Å². The summed E-state index contributed by atoms with van der Waals surface area (Å²) in [6, 6.07) is 14.4. The highest BCUT2D eigenvalue weighted by atomic mass is 32.2. The molecule has 0 unspecified atom stereocenters. The fourth-order valence-electron chi connectivity index (χ4n) is 1.26. The van der Waals surface area contributed by atoms with Gasteiger partial charge in [0, 0.05) is 4.90 Å². The van der Waals surface area contributed by atoms with Crippen LogP contribution in [-0.2, 0) is 6.42 Å². The molecule has 1 aromatic heterocycles. The lowest BCUT2D eigenvalue weighted by molar-refractivity contribution is 1.18. The third kappa shape index (κ3) is 2.62. The van der Waals surface area contributed by atoms with Crippen molar-refractivity contribution in [2.45, 2.75) is 15.5 Å². The molecular weight excluding hydrogens is 222 g/mol. The van der Waals surface area contributed by atoms with E-state index >= 15 is 0 Å². The van der Waals surface area contributed by atoms with Gasteiger partial charge in [-0.3, -0.25) is 0 Å². The maximum absolute atomic E-state index is 8.71. The molecule has 0 spiro atoms. The Morgan fingerprint density at radius 2 is 2.07 bits per heavy atom. The Hall–Kier alpha value is -1.24. The van der Waals surface area contributed by atoms with Crippen molar-refractivity contribution in [3.63, 3.8) is 0 Å². The minimum atomic E-state index is 0.481. The average molecular weight is 231 g/mol. The number of hydrogen-bond acceptors (Lipinski definition) is 3. The van der Waals surface area contributed by atoms with E-state index in [1.165, 1.54) is 9.10 Å². The van der Waals surface area contributed by atoms with Crippen LogP contribution in [0.3, 0.4) is 0 Å². The summed E-state index contributed by atoms with van der Waals surface area (Å²) in [5, 5.41) is 10.8. The lowest BCUT2D eigenvalue weighted by Gasteiger charge is -2.03. The highest BCUT2D eigenvalue weighted by molar-refractivity contribution is 8.01. The molecule has 15 heavy (non-hydrogen) atoms. The van der Waals surface area contributed by atoms with Gasteiger partial charge >= 0.3 is 0 Å². The molecule has 1 nitrogen and oxygen atoms in total. The first-order valence-corrected chi connectivity index (χ1v) is 6.26. The van der Waals surface area contributed by atoms with Crippen molar-refractivity contribution < 1.29 is 0 Å². The molecule has 0 bridgehead atoms. The third-order valence-corrected chi connectivity index (χ3v) is 4.10. The number of thiophene rings is 1. The average Bonchev–Trinajstić information content (AvgIpc) is 2.74.